The SMILES string of the molecule is CCCC(C)(N)C(CC1(C)CCCC1)C(C)(C)CC(C)CC. The Morgan fingerprint density at radius 2 is 1.64 bits per heavy atom. The van der Waals surface area contributed by atoms with E-state index in [9.17, 15) is 0 Å². The van der Waals surface area contributed by atoms with E-state index in [0.717, 1.165) is 12.3 Å². The first kappa shape index (κ1) is 20.0. The Balaban J connectivity index is 2.99. The van der Waals surface area contributed by atoms with E-state index in [-0.39, 0.29) is 5.54 Å². The van der Waals surface area contributed by atoms with Crippen molar-refractivity contribution in [1.29, 1.82) is 0 Å². The van der Waals surface area contributed by atoms with Crippen molar-refractivity contribution in [3.05, 3.63) is 0 Å². The van der Waals surface area contributed by atoms with Crippen molar-refractivity contribution in [2.45, 2.75) is 112 Å². The highest BCUT2D eigenvalue weighted by Gasteiger charge is 2.45. The number of nitrogens with two attached hydrogens (primary N) is 1. The van der Waals surface area contributed by atoms with E-state index in [4.69, 9.17) is 5.73 Å². The Morgan fingerprint density at radius 3 is 2.09 bits per heavy atom. The third kappa shape index (κ3) is 5.25. The zero-order valence-corrected chi connectivity index (χ0v) is 16.6. The summed E-state index contributed by atoms with van der Waals surface area (Å²) in [7, 11) is 0. The van der Waals surface area contributed by atoms with Crippen molar-refractivity contribution in [2.75, 3.05) is 0 Å². The second-order valence-corrected chi connectivity index (χ2v) is 9.74. The summed E-state index contributed by atoms with van der Waals surface area (Å²) in [4.78, 5) is 0. The molecule has 0 aromatic rings. The number of rotatable bonds is 9. The Labute approximate surface area is 140 Å². The maximum Gasteiger partial charge on any atom is 0.0159 e. The van der Waals surface area contributed by atoms with Crippen LogP contribution in [0.3, 0.4) is 0 Å². The highest BCUT2D eigenvalue weighted by Crippen LogP contribution is 2.51. The van der Waals surface area contributed by atoms with E-state index in [1.165, 1.54) is 51.4 Å². The molecule has 0 saturated heterocycles. The monoisotopic (exact) mass is 309 g/mol. The van der Waals surface area contributed by atoms with E-state index < -0.39 is 0 Å². The highest BCUT2D eigenvalue weighted by molar-refractivity contribution is 4.99. The zero-order valence-electron chi connectivity index (χ0n) is 16.6. The van der Waals surface area contributed by atoms with Gasteiger partial charge in [-0.2, -0.15) is 0 Å². The predicted molar refractivity (Wildman–Crippen MR) is 100 cm³/mol. The number of hydrogen-bond acceptors (Lipinski definition) is 1. The molecule has 132 valence electrons. The van der Waals surface area contributed by atoms with Gasteiger partial charge >= 0.3 is 0 Å². The average Bonchev–Trinajstić information content (AvgIpc) is 2.82. The molecule has 0 aromatic carbocycles. The van der Waals surface area contributed by atoms with Crippen LogP contribution in [0, 0.1) is 22.7 Å². The molecule has 1 heteroatoms. The summed E-state index contributed by atoms with van der Waals surface area (Å²) in [5.41, 5.74) is 7.75. The first-order valence-electron chi connectivity index (χ1n) is 9.85. The third-order valence-corrected chi connectivity index (χ3v) is 6.61. The molecule has 0 amide bonds. The minimum atomic E-state index is -0.0304. The predicted octanol–water partition coefficient (Wildman–Crippen LogP) is 6.55. The van der Waals surface area contributed by atoms with Crippen molar-refractivity contribution >= 4 is 0 Å². The van der Waals surface area contributed by atoms with Crippen LogP contribution >= 0.6 is 0 Å². The minimum absolute atomic E-state index is 0.0304. The van der Waals surface area contributed by atoms with Crippen LogP contribution in [-0.2, 0) is 0 Å². The summed E-state index contributed by atoms with van der Waals surface area (Å²) < 4.78 is 0. The molecule has 1 nitrogen and oxygen atoms in total. The van der Waals surface area contributed by atoms with Crippen LogP contribution in [-0.4, -0.2) is 5.54 Å². The van der Waals surface area contributed by atoms with Gasteiger partial charge in [0.15, 0.2) is 0 Å². The molecule has 1 aliphatic carbocycles. The van der Waals surface area contributed by atoms with Gasteiger partial charge in [-0.25, -0.2) is 0 Å². The van der Waals surface area contributed by atoms with Crippen LogP contribution in [0.1, 0.15) is 106 Å². The molecule has 1 aliphatic rings. The standard InChI is InChI=1S/C21H43N/c1-8-12-21(7,22)18(16-20(6)13-10-11-14-20)19(4,5)15-17(3)9-2/h17-18H,8-16,22H2,1-7H3. The van der Waals surface area contributed by atoms with Crippen LogP contribution < -0.4 is 5.73 Å². The lowest BCUT2D eigenvalue weighted by atomic mass is 9.59. The van der Waals surface area contributed by atoms with Gasteiger partial charge in [-0.05, 0) is 61.7 Å². The van der Waals surface area contributed by atoms with Gasteiger partial charge in [-0.3, -0.25) is 0 Å². The van der Waals surface area contributed by atoms with Crippen LogP contribution in [0.25, 0.3) is 0 Å². The smallest absolute Gasteiger partial charge is 0.0159 e. The van der Waals surface area contributed by atoms with Crippen LogP contribution in [0.2, 0.25) is 0 Å². The molecule has 22 heavy (non-hydrogen) atoms. The fourth-order valence-corrected chi connectivity index (χ4v) is 5.23. The molecule has 3 unspecified atom stereocenters. The summed E-state index contributed by atoms with van der Waals surface area (Å²) in [5.74, 6) is 1.42. The van der Waals surface area contributed by atoms with Gasteiger partial charge in [0.2, 0.25) is 0 Å². The molecule has 1 rings (SSSR count). The summed E-state index contributed by atoms with van der Waals surface area (Å²) in [6.45, 7) is 16.8. The summed E-state index contributed by atoms with van der Waals surface area (Å²) in [5, 5.41) is 0. The molecule has 0 radical (unpaired) electrons. The number of hydrogen-bond donors (Lipinski definition) is 1. The molecule has 0 spiro atoms. The summed E-state index contributed by atoms with van der Waals surface area (Å²) in [6.07, 6.45) is 11.9. The van der Waals surface area contributed by atoms with Crippen molar-refractivity contribution in [3.8, 4) is 0 Å². The van der Waals surface area contributed by atoms with Crippen LogP contribution in [0.4, 0.5) is 0 Å². The zero-order chi connectivity index (χ0) is 17.0. The molecule has 1 fully saturated rings. The van der Waals surface area contributed by atoms with E-state index in [0.29, 0.717) is 16.7 Å². The summed E-state index contributed by atoms with van der Waals surface area (Å²) in [6, 6.07) is 0. The first-order valence-corrected chi connectivity index (χ1v) is 9.85. The fourth-order valence-electron chi connectivity index (χ4n) is 5.23. The van der Waals surface area contributed by atoms with E-state index in [2.05, 4.69) is 48.5 Å². The largest absolute Gasteiger partial charge is 0.325 e. The lowest BCUT2D eigenvalue weighted by molar-refractivity contribution is 0.0435. The third-order valence-electron chi connectivity index (χ3n) is 6.61. The molecule has 2 N–H and O–H groups in total. The van der Waals surface area contributed by atoms with Crippen molar-refractivity contribution in [1.82, 2.24) is 0 Å². The van der Waals surface area contributed by atoms with E-state index in [1.54, 1.807) is 0 Å². The molecule has 0 aromatic heterocycles. The van der Waals surface area contributed by atoms with Gasteiger partial charge in [0.25, 0.3) is 0 Å². The quantitative estimate of drug-likeness (QED) is 0.513. The van der Waals surface area contributed by atoms with Crippen molar-refractivity contribution in [2.24, 2.45) is 28.4 Å². The van der Waals surface area contributed by atoms with Gasteiger partial charge in [-0.15, -0.1) is 0 Å². The Hall–Kier alpha value is -0.0400. The lowest BCUT2D eigenvalue weighted by Gasteiger charge is -2.49. The topological polar surface area (TPSA) is 26.0 Å². The molecule has 3 atom stereocenters. The fraction of sp³-hybridized carbons (Fsp3) is 1.00. The maximum absolute atomic E-state index is 6.91. The van der Waals surface area contributed by atoms with Crippen molar-refractivity contribution < 1.29 is 0 Å². The highest BCUT2D eigenvalue weighted by atomic mass is 14.8. The van der Waals surface area contributed by atoms with Gasteiger partial charge < -0.3 is 5.73 Å². The average molecular weight is 310 g/mol. The Morgan fingerprint density at radius 1 is 1.09 bits per heavy atom. The summed E-state index contributed by atoms with van der Waals surface area (Å²) >= 11 is 0. The van der Waals surface area contributed by atoms with E-state index >= 15 is 0 Å². The van der Waals surface area contributed by atoms with Gasteiger partial charge in [-0.1, -0.05) is 67.2 Å². The maximum atomic E-state index is 6.91. The second-order valence-electron chi connectivity index (χ2n) is 9.74. The molecule has 1 saturated carbocycles. The molecule has 0 heterocycles. The van der Waals surface area contributed by atoms with Gasteiger partial charge in [0.1, 0.15) is 0 Å². The van der Waals surface area contributed by atoms with E-state index in [1.807, 2.05) is 0 Å². The minimum Gasteiger partial charge on any atom is -0.325 e. The molecular weight excluding hydrogens is 266 g/mol. The van der Waals surface area contributed by atoms with Crippen LogP contribution in [0.15, 0.2) is 0 Å². The lowest BCUT2D eigenvalue weighted by Crippen LogP contribution is -2.52. The van der Waals surface area contributed by atoms with Crippen molar-refractivity contribution in [3.63, 3.8) is 0 Å². The Kier molecular flexibility index (Phi) is 6.99. The van der Waals surface area contributed by atoms with Crippen LogP contribution in [0.5, 0.6) is 0 Å². The Bertz CT molecular complexity index is 323. The van der Waals surface area contributed by atoms with Gasteiger partial charge in [0, 0.05) is 5.54 Å². The van der Waals surface area contributed by atoms with Gasteiger partial charge in [0.05, 0.1) is 0 Å². The first-order chi connectivity index (χ1) is 10.1. The molecule has 0 aliphatic heterocycles. The molecular formula is C21H43N. The second kappa shape index (κ2) is 7.69. The normalized spacial score (nSPS) is 24.0. The molecule has 0 bridgehead atoms.